The van der Waals surface area contributed by atoms with Gasteiger partial charge in [-0.2, -0.15) is 5.10 Å². The molecule has 2 aliphatic rings. The van der Waals surface area contributed by atoms with Crippen LogP contribution in [0.1, 0.15) is 95.0 Å². The molecule has 5 aromatic rings. The van der Waals surface area contributed by atoms with Gasteiger partial charge in [0.2, 0.25) is 0 Å². The maximum atomic E-state index is 13.3. The van der Waals surface area contributed by atoms with E-state index in [1.165, 1.54) is 34.4 Å². The van der Waals surface area contributed by atoms with Crippen molar-refractivity contribution in [2.24, 2.45) is 0 Å². The van der Waals surface area contributed by atoms with E-state index in [2.05, 4.69) is 71.5 Å². The van der Waals surface area contributed by atoms with E-state index in [1.807, 2.05) is 17.1 Å². The highest BCUT2D eigenvalue weighted by molar-refractivity contribution is 7.14. The summed E-state index contributed by atoms with van der Waals surface area (Å²) in [6.07, 6.45) is 12.6. The number of benzene rings is 1. The lowest BCUT2D eigenvalue weighted by atomic mass is 9.94. The lowest BCUT2D eigenvalue weighted by Crippen LogP contribution is -2.28. The molecule has 2 aliphatic carbocycles. The van der Waals surface area contributed by atoms with E-state index in [4.69, 9.17) is 4.98 Å². The molecule has 0 aliphatic heterocycles. The molecule has 0 saturated carbocycles. The topological polar surface area (TPSA) is 88.5 Å². The summed E-state index contributed by atoms with van der Waals surface area (Å²) in [7, 11) is 0. The van der Waals surface area contributed by atoms with Crippen molar-refractivity contribution in [2.75, 3.05) is 0 Å². The second-order valence-electron chi connectivity index (χ2n) is 11.8. The molecule has 0 saturated heterocycles. The second-order valence-corrected chi connectivity index (χ2v) is 12.9. The molecule has 210 valence electrons. The summed E-state index contributed by atoms with van der Waals surface area (Å²) in [5, 5.41) is 7.97. The molecule has 0 fully saturated rings. The smallest absolute Gasteiger partial charge is 0.261 e. The fraction of sp³-hybridized carbons (Fsp3) is 0.394. The lowest BCUT2D eigenvalue weighted by molar-refractivity contribution is 0.0938. The number of aryl methyl sites for hydroxylation is 3. The fourth-order valence-corrected chi connectivity index (χ4v) is 7.74. The van der Waals surface area contributed by atoms with Crippen LogP contribution in [0.3, 0.4) is 0 Å². The van der Waals surface area contributed by atoms with Crippen molar-refractivity contribution >= 4 is 28.4 Å². The number of imidazole rings is 1. The molecule has 1 atom stereocenters. The van der Waals surface area contributed by atoms with Gasteiger partial charge in [-0.1, -0.05) is 24.6 Å². The van der Waals surface area contributed by atoms with Crippen LogP contribution < -0.4 is 5.32 Å². The van der Waals surface area contributed by atoms with Crippen molar-refractivity contribution in [1.29, 1.82) is 0 Å². The minimum Gasteiger partial charge on any atom is -0.345 e. The Morgan fingerprint density at radius 1 is 1.05 bits per heavy atom. The van der Waals surface area contributed by atoms with Crippen LogP contribution >= 0.6 is 11.3 Å². The predicted octanol–water partition coefficient (Wildman–Crippen LogP) is 7.52. The molecule has 41 heavy (non-hydrogen) atoms. The average molecular weight is 565 g/mol. The number of thiophene rings is 1. The molecule has 7 nitrogen and oxygen atoms in total. The molecule has 0 bridgehead atoms. The lowest BCUT2D eigenvalue weighted by Gasteiger charge is -2.20. The zero-order chi connectivity index (χ0) is 28.1. The van der Waals surface area contributed by atoms with Crippen molar-refractivity contribution < 1.29 is 4.79 Å². The summed E-state index contributed by atoms with van der Waals surface area (Å²) < 4.78 is 2.02. The highest BCUT2D eigenvalue weighted by atomic mass is 32.1. The number of aromatic amines is 1. The van der Waals surface area contributed by atoms with Gasteiger partial charge in [-0.05, 0) is 100 Å². The van der Waals surface area contributed by atoms with E-state index in [0.717, 1.165) is 77.1 Å². The molecule has 7 rings (SSSR count). The molecular formula is C33H36N6OS. The fourth-order valence-electron chi connectivity index (χ4n) is 6.59. The zero-order valence-electron chi connectivity index (χ0n) is 24.0. The largest absolute Gasteiger partial charge is 0.345 e. The number of carbonyl (C=O) groups is 1. The summed E-state index contributed by atoms with van der Waals surface area (Å²) >= 11 is 1.69. The first kappa shape index (κ1) is 26.1. The Kier molecular flexibility index (Phi) is 6.73. The summed E-state index contributed by atoms with van der Waals surface area (Å²) in [5.74, 6) is 0.861. The first-order chi connectivity index (χ1) is 20.0. The van der Waals surface area contributed by atoms with Crippen molar-refractivity contribution in [3.05, 3.63) is 74.9 Å². The molecule has 2 N–H and O–H groups in total. The highest BCUT2D eigenvalue weighted by Crippen LogP contribution is 2.36. The first-order valence-corrected chi connectivity index (χ1v) is 15.7. The number of aromatic nitrogens is 5. The van der Waals surface area contributed by atoms with Gasteiger partial charge in [-0.25, -0.2) is 9.97 Å². The SMILES string of the molecule is Cc1c(-c2nc3nccc(-c4ccc5c(c4)CCCC[C@@H]5NC(=O)c4cc5c(s4)CCCC5)c3[nH]2)cnn1C(C)C. The van der Waals surface area contributed by atoms with E-state index >= 15 is 0 Å². The van der Waals surface area contributed by atoms with E-state index < -0.39 is 0 Å². The number of carbonyl (C=O) groups excluding carboxylic acids is 1. The third-order valence-electron chi connectivity index (χ3n) is 8.73. The van der Waals surface area contributed by atoms with Crippen molar-refractivity contribution in [2.45, 2.75) is 84.2 Å². The summed E-state index contributed by atoms with van der Waals surface area (Å²) in [6.45, 7) is 6.34. The molecule has 0 radical (unpaired) electrons. The van der Waals surface area contributed by atoms with E-state index in [-0.39, 0.29) is 18.0 Å². The van der Waals surface area contributed by atoms with Gasteiger partial charge in [0.05, 0.1) is 28.2 Å². The maximum absolute atomic E-state index is 13.3. The van der Waals surface area contributed by atoms with Crippen molar-refractivity contribution in [3.8, 4) is 22.5 Å². The number of rotatable bonds is 5. The Hall–Kier alpha value is -3.78. The van der Waals surface area contributed by atoms with Gasteiger partial charge in [0.15, 0.2) is 5.65 Å². The average Bonchev–Trinajstić information content (AvgIpc) is 3.67. The number of hydrogen-bond acceptors (Lipinski definition) is 5. The number of amides is 1. The molecule has 4 heterocycles. The van der Waals surface area contributed by atoms with Crippen LogP contribution in [-0.4, -0.2) is 30.6 Å². The predicted molar refractivity (Wildman–Crippen MR) is 164 cm³/mol. The van der Waals surface area contributed by atoms with Gasteiger partial charge in [-0.3, -0.25) is 9.48 Å². The van der Waals surface area contributed by atoms with Gasteiger partial charge in [0.1, 0.15) is 5.82 Å². The molecule has 1 amide bonds. The molecule has 4 aromatic heterocycles. The van der Waals surface area contributed by atoms with Gasteiger partial charge in [0.25, 0.3) is 5.91 Å². The molecular weight excluding hydrogens is 528 g/mol. The van der Waals surface area contributed by atoms with Crippen LogP contribution in [-0.2, 0) is 19.3 Å². The third kappa shape index (κ3) is 4.78. The first-order valence-electron chi connectivity index (χ1n) is 14.9. The summed E-state index contributed by atoms with van der Waals surface area (Å²) in [6, 6.07) is 11.2. The highest BCUT2D eigenvalue weighted by Gasteiger charge is 2.24. The Morgan fingerprint density at radius 2 is 1.88 bits per heavy atom. The van der Waals surface area contributed by atoms with Gasteiger partial charge in [-0.15, -0.1) is 11.3 Å². The standard InChI is InChI=1S/C33H36N6OS/c1-19(2)39-20(3)26(18-35-39)31-37-30-25(14-15-34-32(30)38-31)22-12-13-24-21(16-22)8-4-6-10-27(24)36-33(40)29-17-23-9-5-7-11-28(23)41-29/h12-19,27H,4-11H2,1-3H3,(H,36,40)(H,34,37,38)/t27-/m0/s1. The summed E-state index contributed by atoms with van der Waals surface area (Å²) in [5.41, 5.74) is 9.87. The number of nitrogens with one attached hydrogen (secondary N) is 2. The maximum Gasteiger partial charge on any atom is 0.261 e. The Balaban J connectivity index is 1.19. The van der Waals surface area contributed by atoms with Crippen LogP contribution in [0, 0.1) is 6.92 Å². The molecule has 8 heteroatoms. The third-order valence-corrected chi connectivity index (χ3v) is 9.96. The zero-order valence-corrected chi connectivity index (χ0v) is 24.8. The van der Waals surface area contributed by atoms with Crippen molar-refractivity contribution in [1.82, 2.24) is 30.0 Å². The quantitative estimate of drug-likeness (QED) is 0.216. The van der Waals surface area contributed by atoms with Crippen LogP contribution in [0.25, 0.3) is 33.7 Å². The number of pyridine rings is 1. The molecule has 1 aromatic carbocycles. The minimum absolute atomic E-state index is 0.0323. The molecule has 0 unspecified atom stereocenters. The monoisotopic (exact) mass is 564 g/mol. The van der Waals surface area contributed by atoms with E-state index in [0.29, 0.717) is 5.65 Å². The Bertz CT molecular complexity index is 1740. The number of nitrogens with zero attached hydrogens (tertiary/aromatic N) is 4. The van der Waals surface area contributed by atoms with Gasteiger partial charge < -0.3 is 10.3 Å². The normalized spacial score (nSPS) is 16.9. The Morgan fingerprint density at radius 3 is 2.71 bits per heavy atom. The number of H-pyrrole nitrogens is 1. The summed E-state index contributed by atoms with van der Waals surface area (Å²) in [4.78, 5) is 28.6. The van der Waals surface area contributed by atoms with Crippen LogP contribution in [0.15, 0.2) is 42.7 Å². The van der Waals surface area contributed by atoms with E-state index in [1.54, 1.807) is 11.3 Å². The van der Waals surface area contributed by atoms with E-state index in [9.17, 15) is 4.79 Å². The van der Waals surface area contributed by atoms with Crippen LogP contribution in [0.4, 0.5) is 0 Å². The van der Waals surface area contributed by atoms with Gasteiger partial charge in [0, 0.05) is 28.4 Å². The van der Waals surface area contributed by atoms with Crippen molar-refractivity contribution in [3.63, 3.8) is 0 Å². The minimum atomic E-state index is 0.0323. The number of hydrogen-bond donors (Lipinski definition) is 2. The van der Waals surface area contributed by atoms with Gasteiger partial charge >= 0.3 is 0 Å². The molecule has 0 spiro atoms. The van der Waals surface area contributed by atoms with Crippen LogP contribution in [0.5, 0.6) is 0 Å². The number of fused-ring (bicyclic) bond motifs is 3. The van der Waals surface area contributed by atoms with Crippen LogP contribution in [0.2, 0.25) is 0 Å². The Labute approximate surface area is 244 Å². The second kappa shape index (κ2) is 10.6.